The number of aliphatic hydroxyl groups is 1. The predicted octanol–water partition coefficient (Wildman–Crippen LogP) is 1.67. The fraction of sp³-hybridized carbons (Fsp3) is 0.538. The average molecular weight is 373 g/mol. The minimum absolute atomic E-state index is 0.226. The van der Waals surface area contributed by atoms with Gasteiger partial charge in [-0.15, -0.1) is 11.3 Å². The lowest BCUT2D eigenvalue weighted by Crippen LogP contribution is -2.46. The van der Waals surface area contributed by atoms with Crippen molar-refractivity contribution in [1.82, 2.24) is 19.9 Å². The summed E-state index contributed by atoms with van der Waals surface area (Å²) in [7, 11) is 0. The maximum atomic E-state index is 8.94. The average Bonchev–Trinajstić information content (AvgIpc) is 3.10. The maximum Gasteiger partial charge on any atom is 0.241 e. The van der Waals surface area contributed by atoms with Crippen LogP contribution in [-0.2, 0) is 6.54 Å². The minimum Gasteiger partial charge on any atom is -0.395 e. The molecule has 0 unspecified atom stereocenters. The summed E-state index contributed by atoms with van der Waals surface area (Å²) in [6, 6.07) is 3.97. The van der Waals surface area contributed by atoms with E-state index >= 15 is 0 Å². The van der Waals surface area contributed by atoms with Crippen molar-refractivity contribution in [2.45, 2.75) is 6.54 Å². The lowest BCUT2D eigenvalue weighted by atomic mass is 10.3. The van der Waals surface area contributed by atoms with Crippen molar-refractivity contribution >= 4 is 27.3 Å². The van der Waals surface area contributed by atoms with E-state index in [9.17, 15) is 0 Å². The number of aromatic nitrogens is 2. The van der Waals surface area contributed by atoms with E-state index in [1.807, 2.05) is 12.1 Å². The Morgan fingerprint density at radius 1 is 1.24 bits per heavy atom. The van der Waals surface area contributed by atoms with Crippen molar-refractivity contribution in [2.75, 3.05) is 39.3 Å². The van der Waals surface area contributed by atoms with Gasteiger partial charge in [-0.25, -0.2) is 0 Å². The van der Waals surface area contributed by atoms with Crippen LogP contribution in [0.4, 0.5) is 0 Å². The van der Waals surface area contributed by atoms with Crippen LogP contribution < -0.4 is 0 Å². The van der Waals surface area contributed by atoms with Crippen LogP contribution in [0.25, 0.3) is 10.7 Å². The van der Waals surface area contributed by atoms with Crippen molar-refractivity contribution < 1.29 is 9.63 Å². The van der Waals surface area contributed by atoms with Gasteiger partial charge in [0.2, 0.25) is 11.7 Å². The van der Waals surface area contributed by atoms with Crippen LogP contribution in [0.2, 0.25) is 0 Å². The number of piperazine rings is 1. The van der Waals surface area contributed by atoms with Gasteiger partial charge in [0.1, 0.15) is 0 Å². The molecule has 6 nitrogen and oxygen atoms in total. The molecule has 1 aliphatic heterocycles. The molecule has 0 spiro atoms. The highest BCUT2D eigenvalue weighted by atomic mass is 79.9. The fourth-order valence-corrected chi connectivity index (χ4v) is 3.67. The molecule has 3 heterocycles. The van der Waals surface area contributed by atoms with E-state index in [0.717, 1.165) is 41.4 Å². The number of β-amino-alcohol motifs (C(OH)–C–C–N with tert-alkyl or cyclic N) is 1. The number of nitrogens with zero attached hydrogens (tertiary/aromatic N) is 4. The van der Waals surface area contributed by atoms with E-state index < -0.39 is 0 Å². The van der Waals surface area contributed by atoms with Gasteiger partial charge in [-0.05, 0) is 28.1 Å². The number of halogens is 1. The molecule has 1 N–H and O–H groups in total. The summed E-state index contributed by atoms with van der Waals surface area (Å²) >= 11 is 5.03. The van der Waals surface area contributed by atoms with Gasteiger partial charge >= 0.3 is 0 Å². The summed E-state index contributed by atoms with van der Waals surface area (Å²) < 4.78 is 6.40. The largest absolute Gasteiger partial charge is 0.395 e. The highest BCUT2D eigenvalue weighted by Crippen LogP contribution is 2.29. The van der Waals surface area contributed by atoms with Crippen LogP contribution in [-0.4, -0.2) is 64.4 Å². The number of thiophene rings is 1. The van der Waals surface area contributed by atoms with Gasteiger partial charge in [0, 0.05) is 32.7 Å². The molecule has 1 fully saturated rings. The van der Waals surface area contributed by atoms with Crippen molar-refractivity contribution in [2.24, 2.45) is 0 Å². The van der Waals surface area contributed by atoms with E-state index in [1.165, 1.54) is 0 Å². The zero-order valence-electron chi connectivity index (χ0n) is 11.5. The maximum absolute atomic E-state index is 8.94. The van der Waals surface area contributed by atoms with E-state index in [1.54, 1.807) is 11.3 Å². The Balaban J connectivity index is 1.56. The highest BCUT2D eigenvalue weighted by molar-refractivity contribution is 9.11. The van der Waals surface area contributed by atoms with Gasteiger partial charge in [-0.2, -0.15) is 4.98 Å². The summed E-state index contributed by atoms with van der Waals surface area (Å²) in [5.41, 5.74) is 0. The molecule has 0 saturated carbocycles. The lowest BCUT2D eigenvalue weighted by molar-refractivity contribution is 0.101. The second-order valence-corrected chi connectivity index (χ2v) is 7.42. The smallest absolute Gasteiger partial charge is 0.241 e. The third kappa shape index (κ3) is 3.89. The number of rotatable bonds is 5. The Morgan fingerprint density at radius 3 is 2.67 bits per heavy atom. The predicted molar refractivity (Wildman–Crippen MR) is 84.1 cm³/mol. The highest BCUT2D eigenvalue weighted by Gasteiger charge is 2.19. The molecule has 0 aromatic carbocycles. The standard InChI is InChI=1S/C13H17BrN4O2S/c14-11-2-1-10(21-11)13-15-12(20-16-13)9-18-5-3-17(4-6-18)7-8-19/h1-2,19H,3-9H2. The van der Waals surface area contributed by atoms with Crippen LogP contribution in [0.3, 0.4) is 0 Å². The first-order chi connectivity index (χ1) is 10.2. The van der Waals surface area contributed by atoms with Gasteiger partial charge in [0.15, 0.2) is 0 Å². The van der Waals surface area contributed by atoms with Crippen LogP contribution in [0, 0.1) is 0 Å². The Labute approximate surface area is 135 Å². The van der Waals surface area contributed by atoms with Gasteiger partial charge in [0.05, 0.1) is 21.8 Å². The quantitative estimate of drug-likeness (QED) is 0.860. The first-order valence-corrected chi connectivity index (χ1v) is 8.49. The summed E-state index contributed by atoms with van der Waals surface area (Å²) in [6.07, 6.45) is 0. The SMILES string of the molecule is OCCN1CCN(Cc2nc(-c3ccc(Br)s3)no2)CC1. The Hall–Kier alpha value is -0.800. The topological polar surface area (TPSA) is 65.6 Å². The molecular formula is C13H17BrN4O2S. The van der Waals surface area contributed by atoms with Crippen LogP contribution in [0.5, 0.6) is 0 Å². The molecule has 0 bridgehead atoms. The molecule has 2 aromatic rings. The molecule has 0 atom stereocenters. The second kappa shape index (κ2) is 6.97. The fourth-order valence-electron chi connectivity index (χ4n) is 2.36. The third-order valence-corrected chi connectivity index (χ3v) is 5.12. The minimum atomic E-state index is 0.226. The number of hydrogen-bond acceptors (Lipinski definition) is 7. The summed E-state index contributed by atoms with van der Waals surface area (Å²) in [5.74, 6) is 1.31. The van der Waals surface area contributed by atoms with Gasteiger partial charge in [-0.3, -0.25) is 9.80 Å². The number of aliphatic hydroxyl groups excluding tert-OH is 1. The summed E-state index contributed by atoms with van der Waals surface area (Å²) in [5, 5.41) is 13.0. The molecule has 2 aromatic heterocycles. The van der Waals surface area contributed by atoms with Gasteiger partial charge in [0.25, 0.3) is 0 Å². The molecule has 21 heavy (non-hydrogen) atoms. The summed E-state index contributed by atoms with van der Waals surface area (Å²) in [6.45, 7) is 5.53. The van der Waals surface area contributed by atoms with Crippen molar-refractivity contribution in [3.05, 3.63) is 21.8 Å². The van der Waals surface area contributed by atoms with E-state index in [4.69, 9.17) is 9.63 Å². The second-order valence-electron chi connectivity index (χ2n) is 4.96. The normalized spacial score (nSPS) is 17.4. The first kappa shape index (κ1) is 15.1. The zero-order valence-corrected chi connectivity index (χ0v) is 13.9. The molecule has 8 heteroatoms. The Morgan fingerprint density at radius 2 is 2.00 bits per heavy atom. The van der Waals surface area contributed by atoms with Crippen LogP contribution >= 0.6 is 27.3 Å². The van der Waals surface area contributed by atoms with Crippen molar-refractivity contribution in [3.8, 4) is 10.7 Å². The molecular weight excluding hydrogens is 356 g/mol. The van der Waals surface area contributed by atoms with E-state index in [-0.39, 0.29) is 6.61 Å². The Bertz CT molecular complexity index is 580. The molecule has 0 radical (unpaired) electrons. The monoisotopic (exact) mass is 372 g/mol. The van der Waals surface area contributed by atoms with Gasteiger partial charge < -0.3 is 9.63 Å². The van der Waals surface area contributed by atoms with Crippen molar-refractivity contribution in [3.63, 3.8) is 0 Å². The molecule has 1 saturated heterocycles. The summed E-state index contributed by atoms with van der Waals surface area (Å²) in [4.78, 5) is 10.0. The van der Waals surface area contributed by atoms with Crippen LogP contribution in [0.15, 0.2) is 20.4 Å². The third-order valence-electron chi connectivity index (χ3n) is 3.50. The molecule has 0 aliphatic carbocycles. The van der Waals surface area contributed by atoms with Crippen LogP contribution in [0.1, 0.15) is 5.89 Å². The molecule has 0 amide bonds. The molecule has 114 valence electrons. The van der Waals surface area contributed by atoms with E-state index in [2.05, 4.69) is 35.9 Å². The molecule has 1 aliphatic rings. The van der Waals surface area contributed by atoms with E-state index in [0.29, 0.717) is 18.3 Å². The Kier molecular flexibility index (Phi) is 5.02. The lowest BCUT2D eigenvalue weighted by Gasteiger charge is -2.33. The zero-order chi connectivity index (χ0) is 14.7. The van der Waals surface area contributed by atoms with Gasteiger partial charge in [-0.1, -0.05) is 5.16 Å². The number of hydrogen-bond donors (Lipinski definition) is 1. The molecule has 3 rings (SSSR count). The van der Waals surface area contributed by atoms with Crippen molar-refractivity contribution in [1.29, 1.82) is 0 Å². The first-order valence-electron chi connectivity index (χ1n) is 6.88.